The third-order valence-electron chi connectivity index (χ3n) is 5.05. The minimum absolute atomic E-state index is 0. The number of hydrogen-bond donors (Lipinski definition) is 1. The van der Waals surface area contributed by atoms with Crippen molar-refractivity contribution >= 4 is 35.4 Å². The van der Waals surface area contributed by atoms with Crippen molar-refractivity contribution in [2.24, 2.45) is 0 Å². The fourth-order valence-corrected chi connectivity index (χ4v) is 4.01. The maximum atomic E-state index is 11.4. The number of carboxylic acids is 1. The summed E-state index contributed by atoms with van der Waals surface area (Å²) in [4.78, 5) is 11.4. The normalized spacial score (nSPS) is 14.5. The van der Waals surface area contributed by atoms with Gasteiger partial charge in [-0.3, -0.25) is 0 Å². The number of aryl methyl sites for hydroxylation is 1. The number of rotatable bonds is 9. The largest absolute Gasteiger partial charge is 1.00 e. The number of hydrazine groups is 1. The summed E-state index contributed by atoms with van der Waals surface area (Å²) in [6.07, 6.45) is 10.1. The van der Waals surface area contributed by atoms with Gasteiger partial charge in [0.05, 0.1) is 18.6 Å². The van der Waals surface area contributed by atoms with E-state index in [-0.39, 0.29) is 18.9 Å². The molecule has 1 aliphatic rings. The Morgan fingerprint density at radius 3 is 2.75 bits per heavy atom. The van der Waals surface area contributed by atoms with E-state index in [1.54, 1.807) is 16.8 Å². The fraction of sp³-hybridized carbons (Fsp3) is 0.240. The van der Waals surface area contributed by atoms with Crippen LogP contribution < -0.4 is 29.4 Å². The second-order valence-electron chi connectivity index (χ2n) is 7.34. The van der Waals surface area contributed by atoms with Crippen molar-refractivity contribution in [3.63, 3.8) is 0 Å². The van der Waals surface area contributed by atoms with Gasteiger partial charge in [-0.2, -0.15) is 11.8 Å². The van der Waals surface area contributed by atoms with Gasteiger partial charge in [0.25, 0.3) is 0 Å². The molecular weight excluding hydrogens is 435 g/mol. The van der Waals surface area contributed by atoms with Crippen LogP contribution in [0.25, 0.3) is 17.2 Å². The molecule has 1 N–H and O–H groups in total. The summed E-state index contributed by atoms with van der Waals surface area (Å²) in [5, 5.41) is 13.8. The van der Waals surface area contributed by atoms with Crippen molar-refractivity contribution < 1.29 is 28.8 Å². The van der Waals surface area contributed by atoms with Crippen molar-refractivity contribution in [1.29, 1.82) is 0 Å². The Hall–Kier alpha value is -1.87. The Balaban J connectivity index is 0.00000363. The van der Waals surface area contributed by atoms with Crippen LogP contribution in [0.3, 0.4) is 0 Å². The van der Waals surface area contributed by atoms with E-state index in [4.69, 9.17) is 11.6 Å². The first kappa shape index (κ1) is 26.4. The molecule has 0 bridgehead atoms. The second-order valence-corrected chi connectivity index (χ2v) is 8.74. The zero-order chi connectivity index (χ0) is 22.2. The van der Waals surface area contributed by atoms with Gasteiger partial charge in [0.15, 0.2) is 0 Å². The molecule has 0 aliphatic carbocycles. The minimum Gasteiger partial charge on any atom is -0.548 e. The van der Waals surface area contributed by atoms with E-state index >= 15 is 0 Å². The SMILES string of the molecule is CSCC[C@H](NN1C=C(C=Cc2cccc(-c3ccccc3C)c2)C(Cl)=CC1)C(=O)[O-].[Li+]. The van der Waals surface area contributed by atoms with Gasteiger partial charge in [-0.25, -0.2) is 5.43 Å². The number of halogens is 1. The van der Waals surface area contributed by atoms with Crippen LogP contribution in [0.1, 0.15) is 17.5 Å². The van der Waals surface area contributed by atoms with Crippen LogP contribution >= 0.6 is 23.4 Å². The molecule has 2 aromatic carbocycles. The van der Waals surface area contributed by atoms with Crippen LogP contribution in [0, 0.1) is 6.92 Å². The van der Waals surface area contributed by atoms with Crippen molar-refractivity contribution in [2.45, 2.75) is 19.4 Å². The van der Waals surface area contributed by atoms with Crippen molar-refractivity contribution in [3.8, 4) is 11.1 Å². The zero-order valence-electron chi connectivity index (χ0n) is 18.7. The first-order chi connectivity index (χ1) is 15.0. The third-order valence-corrected chi connectivity index (χ3v) is 6.07. The summed E-state index contributed by atoms with van der Waals surface area (Å²) in [6.45, 7) is 2.60. The first-order valence-corrected chi connectivity index (χ1v) is 11.9. The first-order valence-electron chi connectivity index (χ1n) is 10.1. The number of thioether (sulfide) groups is 1. The zero-order valence-corrected chi connectivity index (χ0v) is 20.2. The van der Waals surface area contributed by atoms with Crippen LogP contribution in [-0.2, 0) is 4.79 Å². The molecule has 0 saturated carbocycles. The number of carbonyl (C=O) groups is 1. The molecule has 1 aliphatic heterocycles. The van der Waals surface area contributed by atoms with E-state index in [9.17, 15) is 9.90 Å². The number of nitrogens with one attached hydrogen (secondary N) is 1. The van der Waals surface area contributed by atoms with Crippen molar-refractivity contribution in [1.82, 2.24) is 10.4 Å². The standard InChI is InChI=1S/C25H27ClN2O2S.Li/c1-18-6-3-4-9-22(18)20-8-5-7-19(16-20)10-11-21-17-28(14-12-23(21)26)27-24(25(29)30)13-15-31-2;/h3-12,16-17,24,27H,13-15H2,1-2H3,(H,29,30);/q;+1/p-1/t24-;/m0./s1. The van der Waals surface area contributed by atoms with E-state index in [1.165, 1.54) is 11.1 Å². The molecule has 162 valence electrons. The minimum atomic E-state index is -1.10. The number of benzene rings is 2. The van der Waals surface area contributed by atoms with Gasteiger partial charge < -0.3 is 14.9 Å². The molecule has 0 spiro atoms. The third kappa shape index (κ3) is 7.33. The molecule has 0 fully saturated rings. The van der Waals surface area contributed by atoms with E-state index in [0.29, 0.717) is 18.0 Å². The Morgan fingerprint density at radius 1 is 1.25 bits per heavy atom. The summed E-state index contributed by atoms with van der Waals surface area (Å²) in [5.41, 5.74) is 8.49. The molecule has 4 nitrogen and oxygen atoms in total. The van der Waals surface area contributed by atoms with Crippen LogP contribution in [-0.4, -0.2) is 35.6 Å². The predicted octanol–water partition coefficient (Wildman–Crippen LogP) is 1.38. The second kappa shape index (κ2) is 13.0. The van der Waals surface area contributed by atoms with Gasteiger partial charge in [0.2, 0.25) is 0 Å². The van der Waals surface area contributed by atoms with Gasteiger partial charge in [-0.15, -0.1) is 0 Å². The van der Waals surface area contributed by atoms with Crippen molar-refractivity contribution in [3.05, 3.63) is 88.6 Å². The quantitative estimate of drug-likeness (QED) is 0.573. The molecular formula is C25H26ClLiN2O2S. The maximum Gasteiger partial charge on any atom is 1.00 e. The molecule has 0 radical (unpaired) electrons. The number of carbonyl (C=O) groups excluding carboxylic acids is 1. The molecule has 1 heterocycles. The van der Waals surface area contributed by atoms with Crippen LogP contribution in [0.2, 0.25) is 0 Å². The van der Waals surface area contributed by atoms with Gasteiger partial charge in [-0.1, -0.05) is 66.2 Å². The molecule has 0 unspecified atom stereocenters. The molecule has 0 aromatic heterocycles. The maximum absolute atomic E-state index is 11.4. The predicted molar refractivity (Wildman–Crippen MR) is 129 cm³/mol. The smallest absolute Gasteiger partial charge is 0.548 e. The molecule has 0 amide bonds. The van der Waals surface area contributed by atoms with Gasteiger partial charge >= 0.3 is 18.9 Å². The number of nitrogens with zero attached hydrogens (tertiary/aromatic N) is 1. The van der Waals surface area contributed by atoms with Crippen LogP contribution in [0.15, 0.2) is 77.5 Å². The number of hydrogen-bond acceptors (Lipinski definition) is 5. The Bertz CT molecular complexity index is 1020. The summed E-state index contributed by atoms with van der Waals surface area (Å²) >= 11 is 8.01. The summed E-state index contributed by atoms with van der Waals surface area (Å²) in [6, 6.07) is 15.9. The van der Waals surface area contributed by atoms with Crippen molar-refractivity contribution in [2.75, 3.05) is 18.6 Å². The Labute approximate surface area is 211 Å². The van der Waals surface area contributed by atoms with Gasteiger partial charge in [0.1, 0.15) is 0 Å². The molecule has 3 rings (SSSR count). The van der Waals surface area contributed by atoms with E-state index in [1.807, 2.05) is 54.9 Å². The number of allylic oxidation sites excluding steroid dienone is 3. The molecule has 2 aromatic rings. The Kier molecular flexibility index (Phi) is 10.7. The van der Waals surface area contributed by atoms with E-state index < -0.39 is 12.0 Å². The summed E-state index contributed by atoms with van der Waals surface area (Å²) in [7, 11) is 0. The Morgan fingerprint density at radius 2 is 2.03 bits per heavy atom. The molecule has 7 heteroatoms. The average Bonchev–Trinajstić information content (AvgIpc) is 2.77. The number of carboxylic acid groups (broad SMARTS) is 1. The number of aliphatic carboxylic acids is 1. The molecule has 32 heavy (non-hydrogen) atoms. The average molecular weight is 461 g/mol. The van der Waals surface area contributed by atoms with Crippen LogP contribution in [0.5, 0.6) is 0 Å². The van der Waals surface area contributed by atoms with E-state index in [0.717, 1.165) is 22.5 Å². The monoisotopic (exact) mass is 460 g/mol. The molecule has 0 saturated heterocycles. The topological polar surface area (TPSA) is 55.4 Å². The van der Waals surface area contributed by atoms with Crippen LogP contribution in [0.4, 0.5) is 0 Å². The fourth-order valence-electron chi connectivity index (χ4n) is 3.35. The molecule has 1 atom stereocenters. The van der Waals surface area contributed by atoms with Gasteiger partial charge in [0, 0.05) is 16.8 Å². The summed E-state index contributed by atoms with van der Waals surface area (Å²) < 4.78 is 0. The summed E-state index contributed by atoms with van der Waals surface area (Å²) in [5.74, 6) is -0.364. The van der Waals surface area contributed by atoms with E-state index in [2.05, 4.69) is 36.6 Å². The van der Waals surface area contributed by atoms with Gasteiger partial charge in [-0.05, 0) is 59.7 Å².